The lowest BCUT2D eigenvalue weighted by atomic mass is 9.44. The molecule has 0 unspecified atom stereocenters. The number of nitrogens with zero attached hydrogens (tertiary/aromatic N) is 2. The number of hydrogen-bond donors (Lipinski definition) is 2. The molecule has 0 radical (unpaired) electrons. The second-order valence-electron chi connectivity index (χ2n) is 13.2. The Kier molecular flexibility index (Phi) is 6.56. The summed E-state index contributed by atoms with van der Waals surface area (Å²) >= 11 is 0.581. The number of aliphatic hydroxyl groups is 1. The maximum atomic E-state index is 13.9. The van der Waals surface area contributed by atoms with Crippen molar-refractivity contribution in [3.63, 3.8) is 0 Å². The van der Waals surface area contributed by atoms with Crippen molar-refractivity contribution in [2.45, 2.75) is 63.9 Å². The molecule has 3 saturated carbocycles. The van der Waals surface area contributed by atoms with Crippen LogP contribution in [0.25, 0.3) is 11.8 Å². The van der Waals surface area contributed by atoms with E-state index in [0.29, 0.717) is 43.0 Å². The van der Waals surface area contributed by atoms with Crippen LogP contribution >= 0.6 is 11.8 Å². The summed E-state index contributed by atoms with van der Waals surface area (Å²) in [5, 5.41) is 26.3. The largest absolute Gasteiger partial charge is 0.475 e. The minimum atomic E-state index is -1.28. The van der Waals surface area contributed by atoms with E-state index in [9.17, 15) is 28.6 Å². The number of benzene rings is 1. The number of fused-ring (bicyclic) bond motifs is 6. The number of hydrogen-bond acceptors (Lipinski definition) is 6. The third-order valence-corrected chi connectivity index (χ3v) is 12.3. The van der Waals surface area contributed by atoms with E-state index in [0.717, 1.165) is 29.8 Å². The number of halogens is 2. The molecule has 4 aliphatic carbocycles. The minimum Gasteiger partial charge on any atom is -0.475 e. The number of rotatable bonds is 5. The molecular weight excluding hydrogens is 574 g/mol. The summed E-state index contributed by atoms with van der Waals surface area (Å²) in [4.78, 5) is 26.1. The molecular formula is C33H34F2N2O5S. The van der Waals surface area contributed by atoms with E-state index in [1.165, 1.54) is 24.0 Å². The summed E-state index contributed by atoms with van der Waals surface area (Å²) in [7, 11) is 0. The van der Waals surface area contributed by atoms with Gasteiger partial charge in [-0.1, -0.05) is 31.2 Å². The van der Waals surface area contributed by atoms with Crippen LogP contribution in [-0.2, 0) is 16.6 Å². The Morgan fingerprint density at radius 2 is 1.95 bits per heavy atom. The fourth-order valence-corrected chi connectivity index (χ4v) is 10.7. The molecule has 0 aliphatic heterocycles. The maximum Gasteiger partial charge on any atom is 0.372 e. The highest BCUT2D eigenvalue weighted by Crippen LogP contribution is 2.71. The van der Waals surface area contributed by atoms with Gasteiger partial charge in [0.2, 0.25) is 10.9 Å². The smallest absolute Gasteiger partial charge is 0.372 e. The Balaban J connectivity index is 1.28. The second kappa shape index (κ2) is 9.89. The first kappa shape index (κ1) is 28.5. The Morgan fingerprint density at radius 3 is 2.67 bits per heavy atom. The van der Waals surface area contributed by atoms with Gasteiger partial charge in [0.1, 0.15) is 11.8 Å². The molecule has 7 atom stereocenters. The van der Waals surface area contributed by atoms with Gasteiger partial charge in [-0.05, 0) is 109 Å². The van der Waals surface area contributed by atoms with Crippen molar-refractivity contribution in [2.75, 3.05) is 6.01 Å². The van der Waals surface area contributed by atoms with Crippen molar-refractivity contribution in [1.29, 1.82) is 0 Å². The van der Waals surface area contributed by atoms with Gasteiger partial charge in [-0.25, -0.2) is 18.3 Å². The molecule has 0 spiro atoms. The lowest BCUT2D eigenvalue weighted by Gasteiger charge is -2.61. The molecule has 2 aromatic heterocycles. The maximum absolute atomic E-state index is 13.9. The van der Waals surface area contributed by atoms with Gasteiger partial charge in [-0.15, -0.1) is 0 Å². The van der Waals surface area contributed by atoms with Crippen LogP contribution in [0.5, 0.6) is 0 Å². The van der Waals surface area contributed by atoms with Crippen molar-refractivity contribution in [1.82, 2.24) is 9.78 Å². The summed E-state index contributed by atoms with van der Waals surface area (Å²) < 4.78 is 34.5. The minimum absolute atomic E-state index is 0.0308. The van der Waals surface area contributed by atoms with Crippen LogP contribution in [0, 0.1) is 34.4 Å². The molecule has 0 saturated heterocycles. The first-order chi connectivity index (χ1) is 20.5. The van der Waals surface area contributed by atoms with E-state index in [-0.39, 0.29) is 34.7 Å². The average molecular weight is 609 g/mol. The van der Waals surface area contributed by atoms with Crippen LogP contribution in [-0.4, -0.2) is 43.2 Å². The number of carboxylic acids is 1. The Labute approximate surface area is 252 Å². The highest BCUT2D eigenvalue weighted by molar-refractivity contribution is 8.13. The lowest BCUT2D eigenvalue weighted by molar-refractivity contribution is -0.141. The molecule has 7 rings (SSSR count). The van der Waals surface area contributed by atoms with E-state index < -0.39 is 34.0 Å². The van der Waals surface area contributed by atoms with Gasteiger partial charge < -0.3 is 14.6 Å². The molecule has 3 fully saturated rings. The third kappa shape index (κ3) is 3.84. The van der Waals surface area contributed by atoms with Crippen LogP contribution in [0.3, 0.4) is 0 Å². The lowest BCUT2D eigenvalue weighted by Crippen LogP contribution is -2.60. The Hall–Kier alpha value is -3.24. The average Bonchev–Trinajstić information content (AvgIpc) is 3.68. The molecule has 4 aliphatic rings. The van der Waals surface area contributed by atoms with Gasteiger partial charge in [0.25, 0.3) is 0 Å². The van der Waals surface area contributed by atoms with Crippen molar-refractivity contribution in [3.8, 4) is 5.69 Å². The summed E-state index contributed by atoms with van der Waals surface area (Å²) in [5.41, 5.74) is 1.96. The van der Waals surface area contributed by atoms with Crippen LogP contribution < -0.4 is 0 Å². The van der Waals surface area contributed by atoms with Crippen LogP contribution in [0.1, 0.15) is 73.3 Å². The molecule has 10 heteroatoms. The number of aromatic carboxylic acids is 1. The van der Waals surface area contributed by atoms with Gasteiger partial charge in [-0.2, -0.15) is 5.10 Å². The van der Waals surface area contributed by atoms with E-state index >= 15 is 0 Å². The van der Waals surface area contributed by atoms with Crippen LogP contribution in [0.15, 0.2) is 52.8 Å². The SMILES string of the molecule is C[C@]12Cc3cnn(-c4ccc(F)cc4)c3C=C1CC[C@@H]1[C@@H]2[C@@H](O)C[C@@]2(C)[C@H]1CC[C@]2(C(=O)SCF)c1ccoc1C(=O)O. The Bertz CT molecular complexity index is 1650. The third-order valence-electron chi connectivity index (χ3n) is 11.5. The molecule has 226 valence electrons. The monoisotopic (exact) mass is 608 g/mol. The number of carboxylic acid groups (broad SMARTS) is 1. The zero-order valence-electron chi connectivity index (χ0n) is 24.1. The first-order valence-electron chi connectivity index (χ1n) is 14.8. The standard InChI is InChI=1S/C33H34F2N2O5S/c1-31-14-18-16-36-37(21-6-4-20(35)5-7-21)25(18)13-19(31)3-8-22-23-9-11-33(30(41)43-17-34,24-10-12-42-28(24)29(39)40)32(23,2)15-26(38)27(22)31/h4-7,10,12-13,16,22-23,26-27,38H,3,8-9,11,14-15,17H2,1-2H3,(H,39,40)/t22-,23-,26-,27+,31-,32-,33+/m0/s1. The first-order valence-corrected chi connectivity index (χ1v) is 15.8. The predicted octanol–water partition coefficient (Wildman–Crippen LogP) is 6.58. The molecule has 0 amide bonds. The van der Waals surface area contributed by atoms with Gasteiger partial charge in [0.15, 0.2) is 0 Å². The van der Waals surface area contributed by atoms with Gasteiger partial charge in [0, 0.05) is 5.56 Å². The van der Waals surface area contributed by atoms with Crippen molar-refractivity contribution in [3.05, 3.63) is 76.8 Å². The highest BCUT2D eigenvalue weighted by Gasteiger charge is 2.70. The topological polar surface area (TPSA) is 106 Å². The molecule has 43 heavy (non-hydrogen) atoms. The van der Waals surface area contributed by atoms with Gasteiger partial charge in [-0.3, -0.25) is 4.79 Å². The summed E-state index contributed by atoms with van der Waals surface area (Å²) in [6, 6.07) is 6.91. The number of carbonyl (C=O) groups is 2. The van der Waals surface area contributed by atoms with Crippen molar-refractivity contribution >= 4 is 28.9 Å². The number of thioether (sulfide) groups is 1. The van der Waals surface area contributed by atoms with Gasteiger partial charge in [0.05, 0.1) is 35.4 Å². The number of furan rings is 1. The van der Waals surface area contributed by atoms with E-state index in [2.05, 4.69) is 18.1 Å². The predicted molar refractivity (Wildman–Crippen MR) is 157 cm³/mol. The quantitative estimate of drug-likeness (QED) is 0.337. The zero-order chi connectivity index (χ0) is 30.3. The summed E-state index contributed by atoms with van der Waals surface area (Å²) in [5.74, 6) is -1.81. The van der Waals surface area contributed by atoms with Crippen LogP contribution in [0.2, 0.25) is 0 Å². The molecule has 3 aromatic rings. The van der Waals surface area contributed by atoms with Crippen LogP contribution in [0.4, 0.5) is 8.78 Å². The van der Waals surface area contributed by atoms with Crippen molar-refractivity contribution < 1.29 is 33.0 Å². The van der Waals surface area contributed by atoms with E-state index in [4.69, 9.17) is 4.42 Å². The number of alkyl halides is 1. The van der Waals surface area contributed by atoms with Crippen molar-refractivity contribution in [2.24, 2.45) is 28.6 Å². The number of aliphatic hydroxyl groups excluding tert-OH is 1. The normalized spacial score (nSPS) is 34.5. The molecule has 1 aromatic carbocycles. The molecule has 2 N–H and O–H groups in total. The van der Waals surface area contributed by atoms with Gasteiger partial charge >= 0.3 is 5.97 Å². The number of aromatic nitrogens is 2. The zero-order valence-corrected chi connectivity index (χ0v) is 24.9. The second-order valence-corrected chi connectivity index (χ2v) is 14.1. The molecule has 0 bridgehead atoms. The molecule has 2 heterocycles. The summed E-state index contributed by atoms with van der Waals surface area (Å²) in [6.45, 7) is 4.23. The van der Waals surface area contributed by atoms with E-state index in [1.807, 2.05) is 17.8 Å². The fourth-order valence-electron chi connectivity index (χ4n) is 9.87. The van der Waals surface area contributed by atoms with E-state index in [1.54, 1.807) is 18.2 Å². The summed E-state index contributed by atoms with van der Waals surface area (Å²) in [6.07, 6.45) is 8.27. The highest BCUT2D eigenvalue weighted by atomic mass is 32.2. The number of carbonyl (C=O) groups excluding carboxylic acids is 1. The number of allylic oxidation sites excluding steroid dienone is 1. The fraction of sp³-hybridized carbons (Fsp3) is 0.485. The Morgan fingerprint density at radius 1 is 1.19 bits per heavy atom. The molecule has 7 nitrogen and oxygen atoms in total.